The molecule has 0 amide bonds. The lowest BCUT2D eigenvalue weighted by Crippen LogP contribution is -2.24. The second-order valence-corrected chi connectivity index (χ2v) is 7.60. The molecule has 0 saturated carbocycles. The molecule has 0 spiro atoms. The first-order chi connectivity index (χ1) is 14.4. The minimum atomic E-state index is -0.393. The van der Waals surface area contributed by atoms with Gasteiger partial charge < -0.3 is 19.8 Å². The summed E-state index contributed by atoms with van der Waals surface area (Å²) in [6.07, 6.45) is 0. The van der Waals surface area contributed by atoms with E-state index in [2.05, 4.69) is 15.9 Å². The van der Waals surface area contributed by atoms with Crippen molar-refractivity contribution in [2.24, 2.45) is 5.73 Å². The summed E-state index contributed by atoms with van der Waals surface area (Å²) in [6, 6.07) is 16.6. The molecule has 0 saturated heterocycles. The van der Waals surface area contributed by atoms with Crippen molar-refractivity contribution in [2.45, 2.75) is 26.6 Å². The Kier molecular flexibility index (Phi) is 7.07. The predicted octanol–water partition coefficient (Wildman–Crippen LogP) is 3.79. The van der Waals surface area contributed by atoms with Crippen LogP contribution in [0.3, 0.4) is 0 Å². The molecule has 7 heteroatoms. The number of esters is 1. The highest BCUT2D eigenvalue weighted by molar-refractivity contribution is 9.10. The van der Waals surface area contributed by atoms with Crippen molar-refractivity contribution in [1.29, 1.82) is 0 Å². The minimum absolute atomic E-state index is 0.186. The van der Waals surface area contributed by atoms with Gasteiger partial charge in [-0.1, -0.05) is 36.4 Å². The third-order valence-corrected chi connectivity index (χ3v) is 5.58. The molecule has 30 heavy (non-hydrogen) atoms. The van der Waals surface area contributed by atoms with Crippen LogP contribution in [0.5, 0.6) is 5.75 Å². The van der Waals surface area contributed by atoms with E-state index in [1.54, 1.807) is 28.8 Å². The number of carbonyl (C=O) groups is 1. The molecular weight excluding hydrogens is 448 g/mol. The number of methoxy groups -OCH3 is 1. The van der Waals surface area contributed by atoms with E-state index >= 15 is 0 Å². The summed E-state index contributed by atoms with van der Waals surface area (Å²) in [6.45, 7) is 2.98. The smallest absolute Gasteiger partial charge is 0.337 e. The maximum Gasteiger partial charge on any atom is 0.337 e. The first-order valence-corrected chi connectivity index (χ1v) is 10.2. The van der Waals surface area contributed by atoms with E-state index in [1.165, 1.54) is 7.11 Å². The number of hydrogen-bond acceptors (Lipinski definition) is 5. The van der Waals surface area contributed by atoms with Gasteiger partial charge in [-0.3, -0.25) is 4.79 Å². The standard InChI is InChI=1S/C23H23BrN2O4/c1-15-11-20(30-14-19-6-4-3-5-18(19)12-25)21(24)22(27)26(15)13-16-7-9-17(10-8-16)23(28)29-2/h3-11H,12-14,25H2,1-2H3. The Bertz CT molecular complexity index is 1110. The Hall–Kier alpha value is -2.90. The van der Waals surface area contributed by atoms with Gasteiger partial charge >= 0.3 is 5.97 Å². The fraction of sp³-hybridized carbons (Fsp3) is 0.217. The van der Waals surface area contributed by atoms with Crippen LogP contribution in [0.25, 0.3) is 0 Å². The van der Waals surface area contributed by atoms with E-state index in [0.29, 0.717) is 35.5 Å². The fourth-order valence-electron chi connectivity index (χ4n) is 3.12. The van der Waals surface area contributed by atoms with Crippen molar-refractivity contribution in [3.63, 3.8) is 0 Å². The zero-order chi connectivity index (χ0) is 21.7. The molecule has 0 aliphatic rings. The summed E-state index contributed by atoms with van der Waals surface area (Å²) in [5.41, 5.74) is 9.71. The fourth-order valence-corrected chi connectivity index (χ4v) is 3.56. The molecule has 2 N–H and O–H groups in total. The van der Waals surface area contributed by atoms with Gasteiger partial charge in [0.15, 0.2) is 0 Å². The molecular formula is C23H23BrN2O4. The van der Waals surface area contributed by atoms with Gasteiger partial charge in [-0.25, -0.2) is 4.79 Å². The largest absolute Gasteiger partial charge is 0.487 e. The molecule has 3 aromatic rings. The van der Waals surface area contributed by atoms with Gasteiger partial charge in [0.25, 0.3) is 5.56 Å². The number of benzene rings is 2. The van der Waals surface area contributed by atoms with Gasteiger partial charge in [0.1, 0.15) is 16.8 Å². The predicted molar refractivity (Wildman–Crippen MR) is 119 cm³/mol. The van der Waals surface area contributed by atoms with Gasteiger partial charge in [-0.2, -0.15) is 0 Å². The zero-order valence-electron chi connectivity index (χ0n) is 16.9. The van der Waals surface area contributed by atoms with Crippen molar-refractivity contribution in [1.82, 2.24) is 4.57 Å². The SMILES string of the molecule is COC(=O)c1ccc(Cn2c(C)cc(OCc3ccccc3CN)c(Br)c2=O)cc1. The molecule has 0 unspecified atom stereocenters. The highest BCUT2D eigenvalue weighted by Gasteiger charge is 2.14. The van der Waals surface area contributed by atoms with Crippen molar-refractivity contribution in [2.75, 3.05) is 7.11 Å². The van der Waals surface area contributed by atoms with E-state index in [9.17, 15) is 9.59 Å². The Morgan fingerprint density at radius 2 is 1.77 bits per heavy atom. The average Bonchev–Trinajstić information content (AvgIpc) is 2.78. The maximum atomic E-state index is 12.9. The van der Waals surface area contributed by atoms with E-state index in [1.807, 2.05) is 37.3 Å². The molecule has 3 rings (SSSR count). The van der Waals surface area contributed by atoms with E-state index in [-0.39, 0.29) is 5.56 Å². The monoisotopic (exact) mass is 470 g/mol. The molecule has 6 nitrogen and oxygen atoms in total. The zero-order valence-corrected chi connectivity index (χ0v) is 18.4. The maximum absolute atomic E-state index is 12.9. The van der Waals surface area contributed by atoms with E-state index in [4.69, 9.17) is 15.2 Å². The summed E-state index contributed by atoms with van der Waals surface area (Å²) in [7, 11) is 1.34. The van der Waals surface area contributed by atoms with Crippen LogP contribution in [0.2, 0.25) is 0 Å². The molecule has 2 aromatic carbocycles. The third-order valence-electron chi connectivity index (χ3n) is 4.85. The van der Waals surface area contributed by atoms with Gasteiger partial charge in [0.2, 0.25) is 0 Å². The normalized spacial score (nSPS) is 10.7. The first kappa shape index (κ1) is 21.8. The lowest BCUT2D eigenvalue weighted by atomic mass is 10.1. The lowest BCUT2D eigenvalue weighted by molar-refractivity contribution is 0.0600. The van der Waals surface area contributed by atoms with Gasteiger partial charge in [0.05, 0.1) is 19.2 Å². The molecule has 0 aliphatic carbocycles. The highest BCUT2D eigenvalue weighted by atomic mass is 79.9. The number of ether oxygens (including phenoxy) is 2. The molecule has 0 bridgehead atoms. The highest BCUT2D eigenvalue weighted by Crippen LogP contribution is 2.24. The van der Waals surface area contributed by atoms with Gasteiger partial charge in [0, 0.05) is 18.3 Å². The van der Waals surface area contributed by atoms with Crippen molar-refractivity contribution < 1.29 is 14.3 Å². The summed E-state index contributed by atoms with van der Waals surface area (Å²) >= 11 is 3.38. The lowest BCUT2D eigenvalue weighted by Gasteiger charge is -2.15. The van der Waals surface area contributed by atoms with Gasteiger partial charge in [-0.05, 0) is 51.7 Å². The van der Waals surface area contributed by atoms with Crippen LogP contribution >= 0.6 is 15.9 Å². The molecule has 0 radical (unpaired) electrons. The Morgan fingerprint density at radius 1 is 1.10 bits per heavy atom. The van der Waals surface area contributed by atoms with Crippen LogP contribution < -0.4 is 16.0 Å². The number of pyridine rings is 1. The molecule has 156 valence electrons. The third kappa shape index (κ3) is 4.80. The number of halogens is 1. The summed E-state index contributed by atoms with van der Waals surface area (Å²) in [5, 5.41) is 0. The van der Waals surface area contributed by atoms with Crippen LogP contribution in [0.15, 0.2) is 63.9 Å². The average molecular weight is 471 g/mol. The number of nitrogens with zero attached hydrogens (tertiary/aromatic N) is 1. The first-order valence-electron chi connectivity index (χ1n) is 9.41. The minimum Gasteiger partial charge on any atom is -0.487 e. The van der Waals surface area contributed by atoms with Crippen LogP contribution in [0, 0.1) is 6.92 Å². The second kappa shape index (κ2) is 9.73. The number of rotatable bonds is 7. The topological polar surface area (TPSA) is 83.6 Å². The van der Waals surface area contributed by atoms with E-state index in [0.717, 1.165) is 22.4 Å². The summed E-state index contributed by atoms with van der Waals surface area (Å²) in [5.74, 6) is 0.0944. The summed E-state index contributed by atoms with van der Waals surface area (Å²) in [4.78, 5) is 24.5. The van der Waals surface area contributed by atoms with Crippen molar-refractivity contribution in [3.05, 3.63) is 97.4 Å². The Balaban J connectivity index is 1.81. The quantitative estimate of drug-likeness (QED) is 0.531. The number of aryl methyl sites for hydroxylation is 1. The van der Waals surface area contributed by atoms with Gasteiger partial charge in [-0.15, -0.1) is 0 Å². The number of nitrogens with two attached hydrogens (primary N) is 1. The number of aromatic nitrogens is 1. The molecule has 0 fully saturated rings. The van der Waals surface area contributed by atoms with Crippen LogP contribution in [-0.2, 0) is 24.4 Å². The Morgan fingerprint density at radius 3 is 2.40 bits per heavy atom. The number of hydrogen-bond donors (Lipinski definition) is 1. The molecule has 1 aromatic heterocycles. The Labute approximate surface area is 183 Å². The second-order valence-electron chi connectivity index (χ2n) is 6.81. The van der Waals surface area contributed by atoms with Crippen molar-refractivity contribution >= 4 is 21.9 Å². The summed E-state index contributed by atoms with van der Waals surface area (Å²) < 4.78 is 12.6. The molecule has 1 heterocycles. The number of carbonyl (C=O) groups excluding carboxylic acids is 1. The van der Waals surface area contributed by atoms with Crippen molar-refractivity contribution in [3.8, 4) is 5.75 Å². The van der Waals surface area contributed by atoms with Crippen LogP contribution in [0.4, 0.5) is 0 Å². The molecule has 0 atom stereocenters. The van der Waals surface area contributed by atoms with Crippen LogP contribution in [-0.4, -0.2) is 17.6 Å². The molecule has 0 aliphatic heterocycles. The van der Waals surface area contributed by atoms with Crippen LogP contribution in [0.1, 0.15) is 32.7 Å². The van der Waals surface area contributed by atoms with E-state index < -0.39 is 5.97 Å².